The summed E-state index contributed by atoms with van der Waals surface area (Å²) >= 11 is 0. The van der Waals surface area contributed by atoms with Crippen molar-refractivity contribution < 1.29 is 4.79 Å². The van der Waals surface area contributed by atoms with Crippen molar-refractivity contribution >= 4 is 18.3 Å². The fourth-order valence-corrected chi connectivity index (χ4v) is 3.41. The molecule has 0 radical (unpaired) electrons. The van der Waals surface area contributed by atoms with E-state index in [1.165, 1.54) is 11.1 Å². The summed E-state index contributed by atoms with van der Waals surface area (Å²) in [4.78, 5) is 14.6. The lowest BCUT2D eigenvalue weighted by molar-refractivity contribution is -0.135. The highest BCUT2D eigenvalue weighted by Crippen LogP contribution is 2.33. The average Bonchev–Trinajstić information content (AvgIpc) is 2.91. The van der Waals surface area contributed by atoms with E-state index in [1.807, 2.05) is 4.90 Å². The van der Waals surface area contributed by atoms with Gasteiger partial charge in [-0.1, -0.05) is 38.1 Å². The summed E-state index contributed by atoms with van der Waals surface area (Å²) in [5.41, 5.74) is 2.73. The molecule has 1 amide bonds. The third-order valence-corrected chi connectivity index (χ3v) is 4.36. The summed E-state index contributed by atoms with van der Waals surface area (Å²) in [5, 5.41) is 3.31. The van der Waals surface area contributed by atoms with Gasteiger partial charge in [-0.3, -0.25) is 4.79 Å². The van der Waals surface area contributed by atoms with Gasteiger partial charge >= 0.3 is 0 Å². The van der Waals surface area contributed by atoms with Gasteiger partial charge in [-0.05, 0) is 30.5 Å². The second-order valence-corrected chi connectivity index (χ2v) is 6.38. The van der Waals surface area contributed by atoms with E-state index in [0.717, 1.165) is 32.5 Å². The Bertz CT molecular complexity index is 495. The summed E-state index contributed by atoms with van der Waals surface area (Å²) in [5.74, 6) is 0.278. The molecule has 3 rings (SSSR count). The van der Waals surface area contributed by atoms with Gasteiger partial charge in [0.15, 0.2) is 0 Å². The number of carbonyl (C=O) groups excluding carboxylic acids is 1. The minimum Gasteiger partial charge on any atom is -0.336 e. The Morgan fingerprint density at radius 2 is 2.10 bits per heavy atom. The molecule has 0 aliphatic carbocycles. The topological polar surface area (TPSA) is 32.3 Å². The lowest BCUT2D eigenvalue weighted by Gasteiger charge is -2.40. The Balaban J connectivity index is 0.00000147. The third-order valence-electron chi connectivity index (χ3n) is 4.36. The summed E-state index contributed by atoms with van der Waals surface area (Å²) in [6.07, 6.45) is 2.10. The van der Waals surface area contributed by atoms with Crippen molar-refractivity contribution in [2.45, 2.75) is 44.7 Å². The van der Waals surface area contributed by atoms with Crippen LogP contribution in [0.1, 0.15) is 37.8 Å². The molecule has 1 aromatic carbocycles. The van der Waals surface area contributed by atoms with Crippen molar-refractivity contribution in [1.29, 1.82) is 0 Å². The molecule has 1 aromatic rings. The molecular formula is C16H23ClN2O. The standard InChI is InChI=1S/C16H22N2O.ClH/c1-16(2)11-18(15(19)14-8-5-9-17-14)10-12-6-3-4-7-13(12)16;/h3-4,6-7,14,17H,5,8-11H2,1-2H3;1H. The predicted molar refractivity (Wildman–Crippen MR) is 83.2 cm³/mol. The number of hydrogen-bond acceptors (Lipinski definition) is 2. The van der Waals surface area contributed by atoms with Crippen LogP contribution in [0, 0.1) is 0 Å². The number of rotatable bonds is 1. The van der Waals surface area contributed by atoms with Crippen molar-refractivity contribution in [1.82, 2.24) is 10.2 Å². The number of halogens is 1. The fraction of sp³-hybridized carbons (Fsp3) is 0.562. The predicted octanol–water partition coefficient (Wildman–Crippen LogP) is 2.48. The van der Waals surface area contributed by atoms with Gasteiger partial charge in [0.2, 0.25) is 5.91 Å². The highest BCUT2D eigenvalue weighted by atomic mass is 35.5. The smallest absolute Gasteiger partial charge is 0.240 e. The first-order valence-corrected chi connectivity index (χ1v) is 7.18. The molecule has 1 atom stereocenters. The van der Waals surface area contributed by atoms with E-state index in [-0.39, 0.29) is 29.8 Å². The van der Waals surface area contributed by atoms with E-state index in [9.17, 15) is 4.79 Å². The first kappa shape index (κ1) is 15.3. The van der Waals surface area contributed by atoms with Crippen molar-refractivity contribution in [3.8, 4) is 0 Å². The fourth-order valence-electron chi connectivity index (χ4n) is 3.41. The van der Waals surface area contributed by atoms with Crippen LogP contribution in [0.25, 0.3) is 0 Å². The van der Waals surface area contributed by atoms with Gasteiger partial charge < -0.3 is 10.2 Å². The summed E-state index contributed by atoms with van der Waals surface area (Å²) in [7, 11) is 0. The van der Waals surface area contributed by atoms with Crippen molar-refractivity contribution in [2.24, 2.45) is 0 Å². The number of benzene rings is 1. The third kappa shape index (κ3) is 2.70. The monoisotopic (exact) mass is 294 g/mol. The molecule has 2 heterocycles. The van der Waals surface area contributed by atoms with Crippen LogP contribution < -0.4 is 5.32 Å². The van der Waals surface area contributed by atoms with Crippen molar-refractivity contribution in [3.63, 3.8) is 0 Å². The maximum absolute atomic E-state index is 12.6. The minimum absolute atomic E-state index is 0. The maximum Gasteiger partial charge on any atom is 0.240 e. The second kappa shape index (κ2) is 5.74. The average molecular weight is 295 g/mol. The molecule has 0 bridgehead atoms. The van der Waals surface area contributed by atoms with E-state index in [4.69, 9.17) is 0 Å². The summed E-state index contributed by atoms with van der Waals surface area (Å²) < 4.78 is 0. The Morgan fingerprint density at radius 3 is 2.80 bits per heavy atom. The van der Waals surface area contributed by atoms with E-state index in [2.05, 4.69) is 43.4 Å². The molecule has 1 fully saturated rings. The molecule has 0 aromatic heterocycles. The second-order valence-electron chi connectivity index (χ2n) is 6.38. The lowest BCUT2D eigenvalue weighted by Crippen LogP contribution is -2.50. The number of amides is 1. The zero-order chi connectivity index (χ0) is 13.5. The van der Waals surface area contributed by atoms with Gasteiger partial charge in [-0.25, -0.2) is 0 Å². The number of carbonyl (C=O) groups is 1. The van der Waals surface area contributed by atoms with Crippen LogP contribution in [0.4, 0.5) is 0 Å². The highest BCUT2D eigenvalue weighted by molar-refractivity contribution is 5.85. The normalized spacial score (nSPS) is 23.9. The number of hydrogen-bond donors (Lipinski definition) is 1. The number of fused-ring (bicyclic) bond motifs is 1. The van der Waals surface area contributed by atoms with Crippen LogP contribution >= 0.6 is 12.4 Å². The van der Waals surface area contributed by atoms with Crippen LogP contribution in [-0.4, -0.2) is 29.9 Å². The molecule has 3 nitrogen and oxygen atoms in total. The molecule has 0 spiro atoms. The van der Waals surface area contributed by atoms with E-state index in [1.54, 1.807) is 0 Å². The van der Waals surface area contributed by atoms with E-state index >= 15 is 0 Å². The Morgan fingerprint density at radius 1 is 1.35 bits per heavy atom. The molecule has 20 heavy (non-hydrogen) atoms. The Labute approximate surface area is 127 Å². The first-order valence-electron chi connectivity index (χ1n) is 7.18. The summed E-state index contributed by atoms with van der Waals surface area (Å²) in [6, 6.07) is 8.55. The number of nitrogens with one attached hydrogen (secondary N) is 1. The van der Waals surface area contributed by atoms with Crippen LogP contribution in [0.15, 0.2) is 24.3 Å². The van der Waals surface area contributed by atoms with Gasteiger partial charge in [-0.2, -0.15) is 0 Å². The quantitative estimate of drug-likeness (QED) is 0.863. The zero-order valence-electron chi connectivity index (χ0n) is 12.2. The zero-order valence-corrected chi connectivity index (χ0v) is 13.0. The Hall–Kier alpha value is -1.06. The molecular weight excluding hydrogens is 272 g/mol. The first-order chi connectivity index (χ1) is 9.08. The van der Waals surface area contributed by atoms with Crippen LogP contribution in [0.3, 0.4) is 0 Å². The SMILES string of the molecule is CC1(C)CN(C(=O)C2CCCN2)Cc2ccccc21.Cl. The van der Waals surface area contributed by atoms with Crippen LogP contribution in [0.2, 0.25) is 0 Å². The van der Waals surface area contributed by atoms with Crippen LogP contribution in [-0.2, 0) is 16.8 Å². The molecule has 1 saturated heterocycles. The largest absolute Gasteiger partial charge is 0.336 e. The van der Waals surface area contributed by atoms with E-state index in [0.29, 0.717) is 0 Å². The molecule has 0 saturated carbocycles. The molecule has 4 heteroatoms. The maximum atomic E-state index is 12.6. The highest BCUT2D eigenvalue weighted by Gasteiger charge is 2.36. The lowest BCUT2D eigenvalue weighted by atomic mass is 9.78. The molecule has 1 N–H and O–H groups in total. The van der Waals surface area contributed by atoms with E-state index < -0.39 is 0 Å². The molecule has 1 unspecified atom stereocenters. The van der Waals surface area contributed by atoms with Gasteiger partial charge in [0.1, 0.15) is 0 Å². The minimum atomic E-state index is 0. The number of nitrogens with zero attached hydrogens (tertiary/aromatic N) is 1. The molecule has 2 aliphatic heterocycles. The van der Waals surface area contributed by atoms with Gasteiger partial charge in [-0.15, -0.1) is 12.4 Å². The molecule has 2 aliphatic rings. The van der Waals surface area contributed by atoms with Gasteiger partial charge in [0.05, 0.1) is 6.04 Å². The van der Waals surface area contributed by atoms with Crippen LogP contribution in [0.5, 0.6) is 0 Å². The van der Waals surface area contributed by atoms with Crippen molar-refractivity contribution in [3.05, 3.63) is 35.4 Å². The Kier molecular flexibility index (Phi) is 4.40. The van der Waals surface area contributed by atoms with Crippen molar-refractivity contribution in [2.75, 3.05) is 13.1 Å². The molecule has 110 valence electrons. The summed E-state index contributed by atoms with van der Waals surface area (Å²) in [6.45, 7) is 7.02. The van der Waals surface area contributed by atoms with Gasteiger partial charge in [0, 0.05) is 18.5 Å². The van der Waals surface area contributed by atoms with Gasteiger partial charge in [0.25, 0.3) is 0 Å².